The summed E-state index contributed by atoms with van der Waals surface area (Å²) in [5.74, 6) is 0. The molecule has 16 heavy (non-hydrogen) atoms. The first-order valence-electron chi connectivity index (χ1n) is 5.10. The third-order valence-electron chi connectivity index (χ3n) is 2.40. The summed E-state index contributed by atoms with van der Waals surface area (Å²) in [6, 6.07) is 7.55. The summed E-state index contributed by atoms with van der Waals surface area (Å²) in [6.45, 7) is 1.91. The molecule has 0 spiro atoms. The topological polar surface area (TPSA) is 30.3 Å². The second-order valence-corrected chi connectivity index (χ2v) is 4.41. The summed E-state index contributed by atoms with van der Waals surface area (Å²) in [5.41, 5.74) is 1.55. The first kappa shape index (κ1) is 12.8. The van der Waals surface area contributed by atoms with Gasteiger partial charge in [0.2, 0.25) is 0 Å². The highest BCUT2D eigenvalue weighted by Gasteiger charge is 2.05. The quantitative estimate of drug-likeness (QED) is 0.805. The van der Waals surface area contributed by atoms with Crippen molar-refractivity contribution in [1.82, 2.24) is 4.90 Å². The molecule has 0 atom stereocenters. The molecule has 0 saturated carbocycles. The summed E-state index contributed by atoms with van der Waals surface area (Å²) in [7, 11) is 6.10. The number of hydrogen-bond acceptors (Lipinski definition) is 3. The van der Waals surface area contributed by atoms with Gasteiger partial charge in [-0.1, -0.05) is 11.6 Å². The molecule has 1 rings (SSSR count). The maximum Gasteiger partial charge on any atom is 0.101 e. The minimum atomic E-state index is 0.511. The fraction of sp³-hybridized carbons (Fsp3) is 0.417. The number of nitrogens with zero attached hydrogens (tertiary/aromatic N) is 3. The Bertz CT molecular complexity index is 396. The van der Waals surface area contributed by atoms with Crippen LogP contribution < -0.4 is 4.90 Å². The highest BCUT2D eigenvalue weighted by atomic mass is 35.5. The minimum absolute atomic E-state index is 0.511. The lowest BCUT2D eigenvalue weighted by Gasteiger charge is -2.21. The van der Waals surface area contributed by atoms with Crippen LogP contribution in [0, 0.1) is 11.3 Å². The van der Waals surface area contributed by atoms with Crippen molar-refractivity contribution in [3.05, 3.63) is 28.8 Å². The molecule has 0 aliphatic heterocycles. The van der Waals surface area contributed by atoms with Crippen LogP contribution in [0.3, 0.4) is 0 Å². The van der Waals surface area contributed by atoms with Gasteiger partial charge in [-0.15, -0.1) is 0 Å². The zero-order valence-electron chi connectivity index (χ0n) is 9.87. The molecule has 1 aromatic carbocycles. The van der Waals surface area contributed by atoms with Gasteiger partial charge in [0.15, 0.2) is 0 Å². The molecule has 0 aliphatic carbocycles. The summed E-state index contributed by atoms with van der Waals surface area (Å²) in [6.07, 6.45) is 0. The SMILES string of the molecule is CN(C)CCN(C)c1ccc(C#N)c(Cl)c1. The second-order valence-electron chi connectivity index (χ2n) is 4.00. The van der Waals surface area contributed by atoms with E-state index < -0.39 is 0 Å². The Morgan fingerprint density at radius 1 is 1.25 bits per heavy atom. The number of anilines is 1. The third kappa shape index (κ3) is 3.41. The van der Waals surface area contributed by atoms with E-state index in [1.54, 1.807) is 6.07 Å². The van der Waals surface area contributed by atoms with Crippen molar-refractivity contribution in [1.29, 1.82) is 5.26 Å². The van der Waals surface area contributed by atoms with Gasteiger partial charge in [-0.25, -0.2) is 0 Å². The lowest BCUT2D eigenvalue weighted by atomic mass is 10.2. The van der Waals surface area contributed by atoms with Crippen molar-refractivity contribution in [3.63, 3.8) is 0 Å². The van der Waals surface area contributed by atoms with E-state index in [0.717, 1.165) is 18.8 Å². The first-order chi connectivity index (χ1) is 7.54. The van der Waals surface area contributed by atoms with Crippen molar-refractivity contribution in [2.24, 2.45) is 0 Å². The molecule has 0 heterocycles. The molecular weight excluding hydrogens is 222 g/mol. The van der Waals surface area contributed by atoms with E-state index in [4.69, 9.17) is 16.9 Å². The van der Waals surface area contributed by atoms with Crippen molar-refractivity contribution < 1.29 is 0 Å². The zero-order chi connectivity index (χ0) is 12.1. The Morgan fingerprint density at radius 3 is 2.44 bits per heavy atom. The first-order valence-corrected chi connectivity index (χ1v) is 5.48. The Kier molecular flexibility index (Phi) is 4.60. The molecule has 0 bridgehead atoms. The van der Waals surface area contributed by atoms with Crippen LogP contribution in [-0.2, 0) is 0 Å². The van der Waals surface area contributed by atoms with Crippen LogP contribution in [0.2, 0.25) is 5.02 Å². The monoisotopic (exact) mass is 237 g/mol. The van der Waals surface area contributed by atoms with E-state index in [2.05, 4.69) is 15.9 Å². The van der Waals surface area contributed by atoms with Crippen LogP contribution in [0.4, 0.5) is 5.69 Å². The number of nitriles is 1. The average Bonchev–Trinajstić information content (AvgIpc) is 2.25. The number of benzene rings is 1. The zero-order valence-corrected chi connectivity index (χ0v) is 10.6. The molecule has 0 amide bonds. The van der Waals surface area contributed by atoms with Crippen LogP contribution in [-0.4, -0.2) is 39.1 Å². The molecule has 0 aromatic heterocycles. The van der Waals surface area contributed by atoms with Gasteiger partial charge in [0.25, 0.3) is 0 Å². The molecule has 3 nitrogen and oxygen atoms in total. The van der Waals surface area contributed by atoms with Crippen LogP contribution in [0.25, 0.3) is 0 Å². The fourth-order valence-electron chi connectivity index (χ4n) is 1.31. The fourth-order valence-corrected chi connectivity index (χ4v) is 1.53. The molecule has 0 radical (unpaired) electrons. The largest absolute Gasteiger partial charge is 0.373 e. The Morgan fingerprint density at radius 2 is 1.94 bits per heavy atom. The Balaban J connectivity index is 2.74. The molecule has 0 fully saturated rings. The molecule has 0 unspecified atom stereocenters. The van der Waals surface area contributed by atoms with Gasteiger partial charge in [-0.3, -0.25) is 0 Å². The highest BCUT2D eigenvalue weighted by Crippen LogP contribution is 2.22. The van der Waals surface area contributed by atoms with Crippen LogP contribution >= 0.6 is 11.6 Å². The number of hydrogen-bond donors (Lipinski definition) is 0. The predicted molar refractivity (Wildman–Crippen MR) is 68.0 cm³/mol. The number of rotatable bonds is 4. The molecule has 0 aliphatic rings. The van der Waals surface area contributed by atoms with Gasteiger partial charge in [-0.2, -0.15) is 5.26 Å². The van der Waals surface area contributed by atoms with E-state index in [1.807, 2.05) is 33.3 Å². The number of likely N-dealkylation sites (N-methyl/N-ethyl adjacent to an activating group) is 2. The van der Waals surface area contributed by atoms with Crippen molar-refractivity contribution in [2.75, 3.05) is 39.1 Å². The minimum Gasteiger partial charge on any atom is -0.373 e. The maximum atomic E-state index is 8.77. The highest BCUT2D eigenvalue weighted by molar-refractivity contribution is 6.32. The smallest absolute Gasteiger partial charge is 0.101 e. The van der Waals surface area contributed by atoms with E-state index in [-0.39, 0.29) is 0 Å². The number of halogens is 1. The van der Waals surface area contributed by atoms with Crippen molar-refractivity contribution >= 4 is 17.3 Å². The summed E-state index contributed by atoms with van der Waals surface area (Å²) in [4.78, 5) is 4.24. The average molecular weight is 238 g/mol. The lowest BCUT2D eigenvalue weighted by Crippen LogP contribution is -2.28. The van der Waals surface area contributed by atoms with Gasteiger partial charge in [-0.05, 0) is 32.3 Å². The molecule has 0 N–H and O–H groups in total. The summed E-state index contributed by atoms with van der Waals surface area (Å²) >= 11 is 5.98. The predicted octanol–water partition coefficient (Wildman–Crippen LogP) is 2.21. The van der Waals surface area contributed by atoms with Gasteiger partial charge in [0, 0.05) is 25.8 Å². The molecule has 86 valence electrons. The van der Waals surface area contributed by atoms with Crippen molar-refractivity contribution in [2.45, 2.75) is 0 Å². The molecule has 1 aromatic rings. The van der Waals surface area contributed by atoms with Crippen LogP contribution in [0.15, 0.2) is 18.2 Å². The maximum absolute atomic E-state index is 8.77. The normalized spacial score (nSPS) is 10.2. The standard InChI is InChI=1S/C12H16ClN3/c1-15(2)6-7-16(3)11-5-4-10(9-14)12(13)8-11/h4-5,8H,6-7H2,1-3H3. The van der Waals surface area contributed by atoms with Gasteiger partial charge >= 0.3 is 0 Å². The van der Waals surface area contributed by atoms with E-state index in [1.165, 1.54) is 0 Å². The molecular formula is C12H16ClN3. The summed E-state index contributed by atoms with van der Waals surface area (Å²) < 4.78 is 0. The van der Waals surface area contributed by atoms with Gasteiger partial charge in [0.1, 0.15) is 6.07 Å². The third-order valence-corrected chi connectivity index (χ3v) is 2.71. The van der Waals surface area contributed by atoms with E-state index in [0.29, 0.717) is 10.6 Å². The molecule has 0 saturated heterocycles. The van der Waals surface area contributed by atoms with E-state index in [9.17, 15) is 0 Å². The Labute approximate surface area is 102 Å². The van der Waals surface area contributed by atoms with E-state index >= 15 is 0 Å². The lowest BCUT2D eigenvalue weighted by molar-refractivity contribution is 0.416. The second kappa shape index (κ2) is 5.74. The van der Waals surface area contributed by atoms with Crippen molar-refractivity contribution in [3.8, 4) is 6.07 Å². The van der Waals surface area contributed by atoms with Gasteiger partial charge in [0.05, 0.1) is 10.6 Å². The molecule has 4 heteroatoms. The van der Waals surface area contributed by atoms with Crippen LogP contribution in [0.5, 0.6) is 0 Å². The van der Waals surface area contributed by atoms with Gasteiger partial charge < -0.3 is 9.80 Å². The van der Waals surface area contributed by atoms with Crippen LogP contribution in [0.1, 0.15) is 5.56 Å². The summed E-state index contributed by atoms with van der Waals surface area (Å²) in [5, 5.41) is 9.28. The Hall–Kier alpha value is -1.24.